The number of amides is 2. The summed E-state index contributed by atoms with van der Waals surface area (Å²) >= 11 is 1.23. The molecule has 4 rings (SSSR count). The lowest BCUT2D eigenvalue weighted by atomic mass is 10.1. The van der Waals surface area contributed by atoms with Crippen molar-refractivity contribution in [3.05, 3.63) is 76.1 Å². The highest BCUT2D eigenvalue weighted by molar-refractivity contribution is 7.15. The van der Waals surface area contributed by atoms with Crippen LogP contribution in [0.1, 0.15) is 31.4 Å². The van der Waals surface area contributed by atoms with Gasteiger partial charge in [0.2, 0.25) is 0 Å². The van der Waals surface area contributed by atoms with Crippen LogP contribution in [0, 0.1) is 11.6 Å². The first-order valence-electron chi connectivity index (χ1n) is 8.47. The summed E-state index contributed by atoms with van der Waals surface area (Å²) in [5, 5.41) is 3.09. The molecule has 1 aromatic carbocycles. The molecule has 0 saturated carbocycles. The van der Waals surface area contributed by atoms with Gasteiger partial charge < -0.3 is 4.90 Å². The third-order valence-corrected chi connectivity index (χ3v) is 5.31. The standard InChI is InChI=1S/C19H14F2N4O2S/c20-11-4-3-5-12(21)16(11)18(27)25-9-7-13-15(10-25)28-19(23-13)24-17(26)14-6-1-2-8-22-14/h1-6,8H,7,9-10H2,(H,23,24,26). The first-order valence-corrected chi connectivity index (χ1v) is 9.29. The molecule has 2 aromatic heterocycles. The number of thiazole rings is 1. The van der Waals surface area contributed by atoms with E-state index in [0.29, 0.717) is 11.6 Å². The molecule has 0 aliphatic carbocycles. The van der Waals surface area contributed by atoms with Gasteiger partial charge in [-0.1, -0.05) is 23.5 Å². The van der Waals surface area contributed by atoms with Gasteiger partial charge >= 0.3 is 0 Å². The fraction of sp³-hybridized carbons (Fsp3) is 0.158. The maximum atomic E-state index is 13.9. The Morgan fingerprint density at radius 1 is 1.11 bits per heavy atom. The van der Waals surface area contributed by atoms with Crippen molar-refractivity contribution in [2.24, 2.45) is 0 Å². The minimum absolute atomic E-state index is 0.180. The summed E-state index contributed by atoms with van der Waals surface area (Å²) < 4.78 is 27.8. The third-order valence-electron chi connectivity index (χ3n) is 4.31. The Hall–Kier alpha value is -3.20. The molecule has 142 valence electrons. The third kappa shape index (κ3) is 3.48. The van der Waals surface area contributed by atoms with Crippen LogP contribution in [0.25, 0.3) is 0 Å². The van der Waals surface area contributed by atoms with Gasteiger partial charge in [-0.2, -0.15) is 0 Å². The molecule has 0 bridgehead atoms. The number of fused-ring (bicyclic) bond motifs is 1. The van der Waals surface area contributed by atoms with Crippen molar-refractivity contribution in [2.75, 3.05) is 11.9 Å². The monoisotopic (exact) mass is 400 g/mol. The second-order valence-corrected chi connectivity index (χ2v) is 7.21. The summed E-state index contributed by atoms with van der Waals surface area (Å²) in [6, 6.07) is 8.35. The lowest BCUT2D eigenvalue weighted by Gasteiger charge is -2.26. The molecule has 0 unspecified atom stereocenters. The highest BCUT2D eigenvalue weighted by Crippen LogP contribution is 2.29. The second-order valence-electron chi connectivity index (χ2n) is 6.13. The number of carbonyl (C=O) groups excluding carboxylic acids is 2. The molecule has 0 radical (unpaired) electrons. The van der Waals surface area contributed by atoms with Crippen LogP contribution in [0.15, 0.2) is 42.6 Å². The number of halogens is 2. The largest absolute Gasteiger partial charge is 0.333 e. The van der Waals surface area contributed by atoms with Crippen LogP contribution in [0.3, 0.4) is 0 Å². The van der Waals surface area contributed by atoms with Gasteiger partial charge in [-0.15, -0.1) is 0 Å². The van der Waals surface area contributed by atoms with Gasteiger partial charge in [0.25, 0.3) is 11.8 Å². The Labute approximate surface area is 162 Å². The van der Waals surface area contributed by atoms with E-state index in [9.17, 15) is 18.4 Å². The lowest BCUT2D eigenvalue weighted by Crippen LogP contribution is -2.36. The van der Waals surface area contributed by atoms with E-state index in [1.807, 2.05) is 0 Å². The second kappa shape index (κ2) is 7.43. The predicted octanol–water partition coefficient (Wildman–Crippen LogP) is 3.27. The van der Waals surface area contributed by atoms with Gasteiger partial charge in [0.1, 0.15) is 22.9 Å². The molecule has 1 aliphatic heterocycles. The average molecular weight is 400 g/mol. The Balaban J connectivity index is 1.50. The quantitative estimate of drug-likeness (QED) is 0.732. The van der Waals surface area contributed by atoms with Crippen LogP contribution in [0.4, 0.5) is 13.9 Å². The van der Waals surface area contributed by atoms with Crippen LogP contribution in [0.2, 0.25) is 0 Å². The number of anilines is 1. The maximum absolute atomic E-state index is 13.9. The van der Waals surface area contributed by atoms with Crippen molar-refractivity contribution in [3.63, 3.8) is 0 Å². The Morgan fingerprint density at radius 2 is 1.89 bits per heavy atom. The predicted molar refractivity (Wildman–Crippen MR) is 99.1 cm³/mol. The number of pyridine rings is 1. The van der Waals surface area contributed by atoms with Crippen molar-refractivity contribution in [1.82, 2.24) is 14.9 Å². The molecule has 0 spiro atoms. The van der Waals surface area contributed by atoms with Gasteiger partial charge in [0.15, 0.2) is 5.13 Å². The van der Waals surface area contributed by atoms with E-state index in [-0.39, 0.29) is 24.7 Å². The van der Waals surface area contributed by atoms with Gasteiger partial charge in [0, 0.05) is 24.0 Å². The van der Waals surface area contributed by atoms with Gasteiger partial charge in [-0.25, -0.2) is 13.8 Å². The van der Waals surface area contributed by atoms with Crippen LogP contribution in [0.5, 0.6) is 0 Å². The smallest absolute Gasteiger partial charge is 0.276 e. The summed E-state index contributed by atoms with van der Waals surface area (Å²) in [4.78, 5) is 35.3. The first-order chi connectivity index (χ1) is 13.5. The van der Waals surface area contributed by atoms with Gasteiger partial charge in [0.05, 0.1) is 12.2 Å². The summed E-state index contributed by atoms with van der Waals surface area (Å²) in [5.41, 5.74) is 0.473. The molecule has 3 aromatic rings. The molecule has 9 heteroatoms. The molecule has 28 heavy (non-hydrogen) atoms. The minimum Gasteiger partial charge on any atom is -0.333 e. The van der Waals surface area contributed by atoms with Crippen molar-refractivity contribution in [2.45, 2.75) is 13.0 Å². The van der Waals surface area contributed by atoms with E-state index >= 15 is 0 Å². The highest BCUT2D eigenvalue weighted by Gasteiger charge is 2.28. The molecular weight excluding hydrogens is 386 g/mol. The topological polar surface area (TPSA) is 75.2 Å². The summed E-state index contributed by atoms with van der Waals surface area (Å²) in [7, 11) is 0. The Kier molecular flexibility index (Phi) is 4.82. The number of benzene rings is 1. The van der Waals surface area contributed by atoms with Crippen molar-refractivity contribution in [3.8, 4) is 0 Å². The van der Waals surface area contributed by atoms with Crippen LogP contribution in [-0.4, -0.2) is 33.2 Å². The molecular formula is C19H14F2N4O2S. The fourth-order valence-corrected chi connectivity index (χ4v) is 3.96. The Morgan fingerprint density at radius 3 is 2.61 bits per heavy atom. The highest BCUT2D eigenvalue weighted by atomic mass is 32.1. The number of rotatable bonds is 3. The lowest BCUT2D eigenvalue weighted by molar-refractivity contribution is 0.0726. The summed E-state index contributed by atoms with van der Waals surface area (Å²) in [5.74, 6) is -2.85. The zero-order valence-electron chi connectivity index (χ0n) is 14.5. The van der Waals surface area contributed by atoms with Crippen molar-refractivity contribution < 1.29 is 18.4 Å². The van der Waals surface area contributed by atoms with Gasteiger partial charge in [-0.3, -0.25) is 19.9 Å². The zero-order valence-corrected chi connectivity index (χ0v) is 15.3. The van der Waals surface area contributed by atoms with E-state index < -0.39 is 23.1 Å². The van der Waals surface area contributed by atoms with E-state index in [4.69, 9.17) is 0 Å². The normalized spacial score (nSPS) is 13.1. The minimum atomic E-state index is -0.886. The van der Waals surface area contributed by atoms with Crippen LogP contribution >= 0.6 is 11.3 Å². The first kappa shape index (κ1) is 18.2. The Bertz CT molecular complexity index is 1040. The summed E-state index contributed by atoms with van der Waals surface area (Å²) in [6.45, 7) is 0.468. The molecule has 0 atom stereocenters. The number of carbonyl (C=O) groups is 2. The average Bonchev–Trinajstić information content (AvgIpc) is 3.09. The molecule has 6 nitrogen and oxygen atoms in total. The van der Waals surface area contributed by atoms with Crippen molar-refractivity contribution in [1.29, 1.82) is 0 Å². The molecule has 1 N–H and O–H groups in total. The van der Waals surface area contributed by atoms with E-state index in [2.05, 4.69) is 15.3 Å². The SMILES string of the molecule is O=C(Nc1nc2c(s1)CN(C(=O)c1c(F)cccc1F)CC2)c1ccccn1. The number of nitrogens with zero attached hydrogens (tertiary/aromatic N) is 3. The maximum Gasteiger partial charge on any atom is 0.276 e. The molecule has 1 aliphatic rings. The molecule has 0 fully saturated rings. The summed E-state index contributed by atoms with van der Waals surface area (Å²) in [6.07, 6.45) is 1.96. The number of nitrogens with one attached hydrogen (secondary N) is 1. The molecule has 2 amide bonds. The molecule has 3 heterocycles. The molecule has 0 saturated heterocycles. The fourth-order valence-electron chi connectivity index (χ4n) is 2.94. The number of hydrogen-bond donors (Lipinski definition) is 1. The number of aromatic nitrogens is 2. The van der Waals surface area contributed by atoms with E-state index in [0.717, 1.165) is 22.7 Å². The van der Waals surface area contributed by atoms with Gasteiger partial charge in [-0.05, 0) is 24.3 Å². The zero-order chi connectivity index (χ0) is 19.7. The van der Waals surface area contributed by atoms with Crippen LogP contribution in [-0.2, 0) is 13.0 Å². The van der Waals surface area contributed by atoms with E-state index in [1.54, 1.807) is 18.2 Å². The van der Waals surface area contributed by atoms with E-state index in [1.165, 1.54) is 28.5 Å². The van der Waals surface area contributed by atoms with Crippen LogP contribution < -0.4 is 5.32 Å². The number of hydrogen-bond acceptors (Lipinski definition) is 5. The van der Waals surface area contributed by atoms with Crippen molar-refractivity contribution >= 4 is 28.3 Å².